The SMILES string of the molecule is NC[C@H]1CCCN(Cc2cc(F)cc(F)c2)C1. The van der Waals surface area contributed by atoms with Gasteiger partial charge in [-0.05, 0) is 49.5 Å². The standard InChI is InChI=1S/C13H18F2N2/c14-12-4-11(5-13(15)6-12)9-17-3-1-2-10(7-16)8-17/h4-6,10H,1-3,7-9,16H2/t10-/m1/s1. The molecule has 1 aliphatic rings. The number of benzene rings is 1. The molecular weight excluding hydrogens is 222 g/mol. The number of piperidine rings is 1. The smallest absolute Gasteiger partial charge is 0.126 e. The third kappa shape index (κ3) is 3.48. The molecule has 0 aromatic heterocycles. The molecule has 0 unspecified atom stereocenters. The largest absolute Gasteiger partial charge is 0.330 e. The molecule has 0 saturated carbocycles. The Morgan fingerprint density at radius 2 is 1.94 bits per heavy atom. The van der Waals surface area contributed by atoms with Gasteiger partial charge in [-0.2, -0.15) is 0 Å². The highest BCUT2D eigenvalue weighted by Gasteiger charge is 2.18. The molecule has 4 heteroatoms. The van der Waals surface area contributed by atoms with Crippen LogP contribution < -0.4 is 5.73 Å². The second-order valence-corrected chi connectivity index (χ2v) is 4.76. The molecule has 2 rings (SSSR count). The lowest BCUT2D eigenvalue weighted by molar-refractivity contribution is 0.170. The zero-order valence-corrected chi connectivity index (χ0v) is 9.83. The van der Waals surface area contributed by atoms with E-state index in [-0.39, 0.29) is 0 Å². The maximum Gasteiger partial charge on any atom is 0.126 e. The summed E-state index contributed by atoms with van der Waals surface area (Å²) >= 11 is 0. The number of nitrogens with zero attached hydrogens (tertiary/aromatic N) is 1. The van der Waals surface area contributed by atoms with Crippen LogP contribution in [0, 0.1) is 17.6 Å². The van der Waals surface area contributed by atoms with Crippen molar-refractivity contribution in [2.45, 2.75) is 19.4 Å². The summed E-state index contributed by atoms with van der Waals surface area (Å²) in [7, 11) is 0. The van der Waals surface area contributed by atoms with E-state index in [0.717, 1.165) is 32.0 Å². The van der Waals surface area contributed by atoms with Crippen molar-refractivity contribution in [3.05, 3.63) is 35.4 Å². The summed E-state index contributed by atoms with van der Waals surface area (Å²) < 4.78 is 26.1. The Morgan fingerprint density at radius 1 is 1.24 bits per heavy atom. The number of rotatable bonds is 3. The van der Waals surface area contributed by atoms with E-state index in [1.165, 1.54) is 12.1 Å². The van der Waals surface area contributed by atoms with Crippen LogP contribution in [-0.2, 0) is 6.54 Å². The number of hydrogen-bond donors (Lipinski definition) is 1. The van der Waals surface area contributed by atoms with E-state index in [2.05, 4.69) is 4.90 Å². The van der Waals surface area contributed by atoms with Crippen molar-refractivity contribution in [2.24, 2.45) is 11.7 Å². The average Bonchev–Trinajstić information content (AvgIpc) is 2.28. The van der Waals surface area contributed by atoms with Crippen LogP contribution in [0.4, 0.5) is 8.78 Å². The van der Waals surface area contributed by atoms with Gasteiger partial charge >= 0.3 is 0 Å². The molecule has 1 fully saturated rings. The third-order valence-electron chi connectivity index (χ3n) is 3.26. The van der Waals surface area contributed by atoms with Crippen LogP contribution in [-0.4, -0.2) is 24.5 Å². The summed E-state index contributed by atoms with van der Waals surface area (Å²) in [6, 6.07) is 3.70. The predicted octanol–water partition coefficient (Wildman–Crippen LogP) is 2.14. The Bertz CT molecular complexity index is 361. The van der Waals surface area contributed by atoms with Gasteiger partial charge in [0.1, 0.15) is 11.6 Å². The maximum atomic E-state index is 13.0. The Labute approximate surface area is 100 Å². The minimum atomic E-state index is -0.507. The highest BCUT2D eigenvalue weighted by atomic mass is 19.1. The first-order valence-electron chi connectivity index (χ1n) is 6.05. The lowest BCUT2D eigenvalue weighted by Gasteiger charge is -2.32. The second kappa shape index (κ2) is 5.56. The van der Waals surface area contributed by atoms with Gasteiger partial charge < -0.3 is 5.73 Å². The molecule has 0 aliphatic carbocycles. The van der Waals surface area contributed by atoms with Crippen LogP contribution in [0.25, 0.3) is 0 Å². The summed E-state index contributed by atoms with van der Waals surface area (Å²) in [5, 5.41) is 0. The summed E-state index contributed by atoms with van der Waals surface area (Å²) in [5.74, 6) is -0.498. The van der Waals surface area contributed by atoms with Gasteiger partial charge in [-0.1, -0.05) is 0 Å². The Balaban J connectivity index is 2.00. The van der Waals surface area contributed by atoms with E-state index in [4.69, 9.17) is 5.73 Å². The minimum absolute atomic E-state index is 0.507. The fraction of sp³-hybridized carbons (Fsp3) is 0.538. The van der Waals surface area contributed by atoms with Crippen LogP contribution in [0.3, 0.4) is 0 Å². The van der Waals surface area contributed by atoms with Gasteiger partial charge in [0.2, 0.25) is 0 Å². The molecule has 2 nitrogen and oxygen atoms in total. The van der Waals surface area contributed by atoms with E-state index in [1.807, 2.05) is 0 Å². The molecule has 0 bridgehead atoms. The number of likely N-dealkylation sites (tertiary alicyclic amines) is 1. The lowest BCUT2D eigenvalue weighted by atomic mass is 9.98. The first kappa shape index (κ1) is 12.5. The molecule has 0 radical (unpaired) electrons. The zero-order valence-electron chi connectivity index (χ0n) is 9.83. The van der Waals surface area contributed by atoms with Crippen molar-refractivity contribution >= 4 is 0 Å². The first-order valence-corrected chi connectivity index (χ1v) is 6.05. The van der Waals surface area contributed by atoms with Crippen LogP contribution >= 0.6 is 0 Å². The maximum absolute atomic E-state index is 13.0. The summed E-state index contributed by atoms with van der Waals surface area (Å²) in [6.45, 7) is 3.20. The average molecular weight is 240 g/mol. The van der Waals surface area contributed by atoms with Crippen LogP contribution in [0.5, 0.6) is 0 Å². The summed E-state index contributed by atoms with van der Waals surface area (Å²) in [4.78, 5) is 2.22. The van der Waals surface area contributed by atoms with Crippen molar-refractivity contribution in [1.29, 1.82) is 0 Å². The van der Waals surface area contributed by atoms with Crippen molar-refractivity contribution in [2.75, 3.05) is 19.6 Å². The highest BCUT2D eigenvalue weighted by molar-refractivity contribution is 5.17. The monoisotopic (exact) mass is 240 g/mol. The number of halogens is 2. The molecule has 1 saturated heterocycles. The molecule has 94 valence electrons. The summed E-state index contributed by atoms with van der Waals surface area (Å²) in [6.07, 6.45) is 2.27. The van der Waals surface area contributed by atoms with Gasteiger partial charge in [0.05, 0.1) is 0 Å². The zero-order chi connectivity index (χ0) is 12.3. The molecule has 0 spiro atoms. The van der Waals surface area contributed by atoms with Crippen molar-refractivity contribution in [1.82, 2.24) is 4.90 Å². The summed E-state index contributed by atoms with van der Waals surface area (Å²) in [5.41, 5.74) is 6.36. The van der Waals surface area contributed by atoms with Crippen LogP contribution in [0.15, 0.2) is 18.2 Å². The number of nitrogens with two attached hydrogens (primary N) is 1. The molecule has 1 heterocycles. The van der Waals surface area contributed by atoms with Gasteiger partial charge in [-0.25, -0.2) is 8.78 Å². The minimum Gasteiger partial charge on any atom is -0.330 e. The highest BCUT2D eigenvalue weighted by Crippen LogP contribution is 2.18. The quantitative estimate of drug-likeness (QED) is 0.877. The van der Waals surface area contributed by atoms with E-state index in [1.54, 1.807) is 0 Å². The van der Waals surface area contributed by atoms with Crippen LogP contribution in [0.1, 0.15) is 18.4 Å². The molecule has 17 heavy (non-hydrogen) atoms. The molecule has 1 aromatic rings. The van der Waals surface area contributed by atoms with E-state index < -0.39 is 11.6 Å². The second-order valence-electron chi connectivity index (χ2n) is 4.76. The van der Waals surface area contributed by atoms with Gasteiger partial charge in [0, 0.05) is 19.2 Å². The topological polar surface area (TPSA) is 29.3 Å². The van der Waals surface area contributed by atoms with Gasteiger partial charge in [0.15, 0.2) is 0 Å². The normalized spacial score (nSPS) is 21.7. The molecule has 0 amide bonds. The van der Waals surface area contributed by atoms with Crippen molar-refractivity contribution in [3.8, 4) is 0 Å². The predicted molar refractivity (Wildman–Crippen MR) is 63.4 cm³/mol. The van der Waals surface area contributed by atoms with E-state index in [0.29, 0.717) is 24.6 Å². The third-order valence-corrected chi connectivity index (χ3v) is 3.26. The first-order chi connectivity index (χ1) is 8.17. The molecule has 1 atom stereocenters. The van der Waals surface area contributed by atoms with Gasteiger partial charge in [-0.3, -0.25) is 4.90 Å². The number of hydrogen-bond acceptors (Lipinski definition) is 2. The van der Waals surface area contributed by atoms with Crippen molar-refractivity contribution < 1.29 is 8.78 Å². The van der Waals surface area contributed by atoms with Gasteiger partial charge in [0.25, 0.3) is 0 Å². The molecule has 2 N–H and O–H groups in total. The molecule has 1 aromatic carbocycles. The van der Waals surface area contributed by atoms with E-state index >= 15 is 0 Å². The van der Waals surface area contributed by atoms with E-state index in [9.17, 15) is 8.78 Å². The fourth-order valence-corrected chi connectivity index (χ4v) is 2.45. The fourth-order valence-electron chi connectivity index (χ4n) is 2.45. The van der Waals surface area contributed by atoms with Crippen molar-refractivity contribution in [3.63, 3.8) is 0 Å². The lowest BCUT2D eigenvalue weighted by Crippen LogP contribution is -2.37. The Kier molecular flexibility index (Phi) is 4.07. The molecule has 1 aliphatic heterocycles. The molecular formula is C13H18F2N2. The van der Waals surface area contributed by atoms with Gasteiger partial charge in [-0.15, -0.1) is 0 Å². The Morgan fingerprint density at radius 3 is 2.59 bits per heavy atom. The van der Waals surface area contributed by atoms with Crippen LogP contribution in [0.2, 0.25) is 0 Å². The Hall–Kier alpha value is -1.00.